The minimum absolute atomic E-state index is 0.269. The van der Waals surface area contributed by atoms with Gasteiger partial charge in [-0.3, -0.25) is 4.99 Å². The summed E-state index contributed by atoms with van der Waals surface area (Å²) in [6.07, 6.45) is 1.76. The van der Waals surface area contributed by atoms with Crippen LogP contribution in [-0.2, 0) is 0 Å². The molecule has 0 fully saturated rings. The lowest BCUT2D eigenvalue weighted by atomic mass is 10.2. The van der Waals surface area contributed by atoms with Gasteiger partial charge in [0.25, 0.3) is 0 Å². The SMILES string of the molecule is CC(C)c1nc(Cl)c2c(n1)NCC=N2. The van der Waals surface area contributed by atoms with Gasteiger partial charge in [0, 0.05) is 12.1 Å². The summed E-state index contributed by atoms with van der Waals surface area (Å²) < 4.78 is 0. The van der Waals surface area contributed by atoms with E-state index < -0.39 is 0 Å². The van der Waals surface area contributed by atoms with Gasteiger partial charge in [0.2, 0.25) is 0 Å². The van der Waals surface area contributed by atoms with E-state index in [1.54, 1.807) is 6.21 Å². The molecule has 0 amide bonds. The van der Waals surface area contributed by atoms with E-state index in [0.717, 1.165) is 11.6 Å². The number of hydrogen-bond acceptors (Lipinski definition) is 4. The molecule has 74 valence electrons. The zero-order chi connectivity index (χ0) is 10.1. The molecule has 0 saturated carbocycles. The van der Waals surface area contributed by atoms with Crippen LogP contribution in [0.25, 0.3) is 0 Å². The second-order valence-electron chi connectivity index (χ2n) is 3.42. The van der Waals surface area contributed by atoms with Crippen molar-refractivity contribution in [3.8, 4) is 0 Å². The van der Waals surface area contributed by atoms with Gasteiger partial charge in [0.05, 0.1) is 6.54 Å². The highest BCUT2D eigenvalue weighted by Crippen LogP contribution is 2.32. The summed E-state index contributed by atoms with van der Waals surface area (Å²) in [7, 11) is 0. The van der Waals surface area contributed by atoms with Gasteiger partial charge < -0.3 is 5.32 Å². The van der Waals surface area contributed by atoms with Crippen molar-refractivity contribution in [2.75, 3.05) is 11.9 Å². The Morgan fingerprint density at radius 3 is 2.93 bits per heavy atom. The second-order valence-corrected chi connectivity index (χ2v) is 3.78. The van der Waals surface area contributed by atoms with Crippen molar-refractivity contribution in [2.45, 2.75) is 19.8 Å². The topological polar surface area (TPSA) is 50.2 Å². The number of nitrogens with one attached hydrogen (secondary N) is 1. The molecule has 0 bridgehead atoms. The molecule has 1 aliphatic rings. The predicted molar refractivity (Wildman–Crippen MR) is 57.8 cm³/mol. The summed E-state index contributed by atoms with van der Waals surface area (Å²) in [5.41, 5.74) is 0.641. The molecule has 2 heterocycles. The summed E-state index contributed by atoms with van der Waals surface area (Å²) in [6.45, 7) is 4.76. The van der Waals surface area contributed by atoms with Gasteiger partial charge in [-0.1, -0.05) is 25.4 Å². The Hall–Kier alpha value is -1.16. The van der Waals surface area contributed by atoms with Gasteiger partial charge in [0.1, 0.15) is 11.5 Å². The van der Waals surface area contributed by atoms with Gasteiger partial charge in [-0.15, -0.1) is 0 Å². The number of aromatic nitrogens is 2. The Bertz CT molecular complexity index is 387. The Morgan fingerprint density at radius 1 is 1.43 bits per heavy atom. The molecule has 0 aliphatic carbocycles. The lowest BCUT2D eigenvalue weighted by Gasteiger charge is -2.14. The maximum Gasteiger partial charge on any atom is 0.160 e. The minimum atomic E-state index is 0.269. The van der Waals surface area contributed by atoms with Crippen LogP contribution in [0, 0.1) is 0 Å². The molecular weight excluding hydrogens is 200 g/mol. The molecule has 1 N–H and O–H groups in total. The van der Waals surface area contributed by atoms with Crippen LogP contribution >= 0.6 is 11.6 Å². The van der Waals surface area contributed by atoms with Crippen LogP contribution in [0.5, 0.6) is 0 Å². The van der Waals surface area contributed by atoms with Crippen molar-refractivity contribution < 1.29 is 0 Å². The highest BCUT2D eigenvalue weighted by Gasteiger charge is 2.15. The van der Waals surface area contributed by atoms with E-state index in [4.69, 9.17) is 11.6 Å². The molecule has 0 unspecified atom stereocenters. The number of rotatable bonds is 1. The number of anilines is 1. The van der Waals surface area contributed by atoms with Crippen LogP contribution < -0.4 is 5.32 Å². The molecule has 2 rings (SSSR count). The zero-order valence-electron chi connectivity index (χ0n) is 8.08. The van der Waals surface area contributed by atoms with Crippen molar-refractivity contribution in [3.05, 3.63) is 11.0 Å². The third-order valence-electron chi connectivity index (χ3n) is 1.96. The molecule has 5 heteroatoms. The summed E-state index contributed by atoms with van der Waals surface area (Å²) >= 11 is 5.99. The molecule has 0 radical (unpaired) electrons. The number of aliphatic imine (C=N–C) groups is 1. The fourth-order valence-electron chi connectivity index (χ4n) is 1.22. The van der Waals surface area contributed by atoms with Crippen LogP contribution in [0.15, 0.2) is 4.99 Å². The van der Waals surface area contributed by atoms with E-state index in [9.17, 15) is 0 Å². The Morgan fingerprint density at radius 2 is 2.21 bits per heavy atom. The second kappa shape index (κ2) is 3.53. The lowest BCUT2D eigenvalue weighted by Crippen LogP contribution is -2.11. The van der Waals surface area contributed by atoms with E-state index in [0.29, 0.717) is 17.4 Å². The van der Waals surface area contributed by atoms with Gasteiger partial charge >= 0.3 is 0 Å². The Kier molecular flexibility index (Phi) is 2.37. The van der Waals surface area contributed by atoms with E-state index in [2.05, 4.69) is 20.3 Å². The summed E-state index contributed by atoms with van der Waals surface area (Å²) in [4.78, 5) is 12.7. The molecular formula is C9H11ClN4. The molecule has 14 heavy (non-hydrogen) atoms. The van der Waals surface area contributed by atoms with Crippen molar-refractivity contribution in [3.63, 3.8) is 0 Å². The quantitative estimate of drug-likeness (QED) is 0.725. The van der Waals surface area contributed by atoms with Crippen LogP contribution in [0.4, 0.5) is 11.5 Å². The first-order valence-electron chi connectivity index (χ1n) is 4.52. The largest absolute Gasteiger partial charge is 0.363 e. The lowest BCUT2D eigenvalue weighted by molar-refractivity contribution is 0.775. The van der Waals surface area contributed by atoms with Gasteiger partial charge in [-0.25, -0.2) is 9.97 Å². The van der Waals surface area contributed by atoms with E-state index >= 15 is 0 Å². The van der Waals surface area contributed by atoms with Crippen molar-refractivity contribution >= 4 is 29.3 Å². The Balaban J connectivity index is 2.53. The van der Waals surface area contributed by atoms with E-state index in [1.807, 2.05) is 13.8 Å². The third kappa shape index (κ3) is 1.57. The first kappa shape index (κ1) is 9.40. The fraction of sp³-hybridized carbons (Fsp3) is 0.444. The highest BCUT2D eigenvalue weighted by molar-refractivity contribution is 6.32. The van der Waals surface area contributed by atoms with Gasteiger partial charge in [-0.05, 0) is 0 Å². The maximum absolute atomic E-state index is 5.99. The first-order valence-corrected chi connectivity index (χ1v) is 4.90. The maximum atomic E-state index is 5.99. The number of nitrogens with zero attached hydrogens (tertiary/aromatic N) is 3. The van der Waals surface area contributed by atoms with Crippen molar-refractivity contribution in [1.82, 2.24) is 9.97 Å². The molecule has 1 aromatic heterocycles. The van der Waals surface area contributed by atoms with E-state index in [-0.39, 0.29) is 5.92 Å². The summed E-state index contributed by atoms with van der Waals surface area (Å²) in [5, 5.41) is 3.53. The van der Waals surface area contributed by atoms with Crippen LogP contribution in [0.3, 0.4) is 0 Å². The minimum Gasteiger partial charge on any atom is -0.363 e. The molecule has 1 aliphatic heterocycles. The Labute approximate surface area is 87.4 Å². The zero-order valence-corrected chi connectivity index (χ0v) is 8.84. The number of hydrogen-bond donors (Lipinski definition) is 1. The summed E-state index contributed by atoms with van der Waals surface area (Å²) in [5.74, 6) is 1.75. The molecule has 0 aromatic carbocycles. The van der Waals surface area contributed by atoms with Crippen molar-refractivity contribution in [2.24, 2.45) is 4.99 Å². The smallest absolute Gasteiger partial charge is 0.160 e. The average molecular weight is 211 g/mol. The number of fused-ring (bicyclic) bond motifs is 1. The standard InChI is InChI=1S/C9H11ClN4/c1-5(2)8-13-7(10)6-9(14-8)12-4-3-11-6/h3,5H,4H2,1-2H3,(H,12,13,14). The normalized spacial score (nSPS) is 14.0. The monoisotopic (exact) mass is 210 g/mol. The molecule has 0 saturated heterocycles. The third-order valence-corrected chi connectivity index (χ3v) is 2.22. The predicted octanol–water partition coefficient (Wildman–Crippen LogP) is 2.38. The molecule has 4 nitrogen and oxygen atoms in total. The van der Waals surface area contributed by atoms with E-state index in [1.165, 1.54) is 0 Å². The van der Waals surface area contributed by atoms with Crippen LogP contribution in [0.2, 0.25) is 5.15 Å². The first-order chi connectivity index (χ1) is 6.68. The number of halogens is 1. The average Bonchev–Trinajstić information content (AvgIpc) is 2.17. The molecule has 1 aromatic rings. The molecule has 0 atom stereocenters. The highest BCUT2D eigenvalue weighted by atomic mass is 35.5. The summed E-state index contributed by atoms with van der Waals surface area (Å²) in [6, 6.07) is 0. The van der Waals surface area contributed by atoms with Crippen LogP contribution in [-0.4, -0.2) is 22.7 Å². The van der Waals surface area contributed by atoms with Crippen LogP contribution in [0.1, 0.15) is 25.6 Å². The molecule has 0 spiro atoms. The van der Waals surface area contributed by atoms with Gasteiger partial charge in [-0.2, -0.15) is 0 Å². The van der Waals surface area contributed by atoms with Crippen molar-refractivity contribution in [1.29, 1.82) is 0 Å². The van der Waals surface area contributed by atoms with Gasteiger partial charge in [0.15, 0.2) is 11.0 Å². The fourth-order valence-corrected chi connectivity index (χ4v) is 1.44.